The maximum Gasteiger partial charge on any atom is 0.264 e. The third kappa shape index (κ3) is 7.31. The SMILES string of the molecule is CCC(C(=O)NC1CCCC1)N(Cc1ccc(OC)cc1)C(=O)CN(c1ccc(C)cc1C)S(=O)(=O)c1ccccc1. The summed E-state index contributed by atoms with van der Waals surface area (Å²) in [6.07, 6.45) is 4.36. The highest BCUT2D eigenvalue weighted by Gasteiger charge is 2.35. The fourth-order valence-electron chi connectivity index (χ4n) is 5.53. The van der Waals surface area contributed by atoms with Gasteiger partial charge in [-0.2, -0.15) is 0 Å². The Morgan fingerprint density at radius 3 is 2.24 bits per heavy atom. The number of amides is 2. The maximum absolute atomic E-state index is 14.3. The van der Waals surface area contributed by atoms with Gasteiger partial charge in [0, 0.05) is 12.6 Å². The number of hydrogen-bond acceptors (Lipinski definition) is 5. The van der Waals surface area contributed by atoms with Crippen LogP contribution in [-0.4, -0.2) is 50.9 Å². The van der Waals surface area contributed by atoms with Crippen molar-refractivity contribution in [3.8, 4) is 5.75 Å². The van der Waals surface area contributed by atoms with Crippen molar-refractivity contribution in [3.05, 3.63) is 89.5 Å². The van der Waals surface area contributed by atoms with E-state index >= 15 is 0 Å². The predicted octanol–water partition coefficient (Wildman–Crippen LogP) is 5.37. The molecule has 1 unspecified atom stereocenters. The molecule has 2 amide bonds. The smallest absolute Gasteiger partial charge is 0.264 e. The first-order valence-corrected chi connectivity index (χ1v) is 16.0. The van der Waals surface area contributed by atoms with Crippen LogP contribution in [0.5, 0.6) is 5.75 Å². The second-order valence-corrected chi connectivity index (χ2v) is 12.8. The van der Waals surface area contributed by atoms with E-state index in [-0.39, 0.29) is 23.4 Å². The third-order valence-electron chi connectivity index (χ3n) is 7.83. The Kier molecular flexibility index (Phi) is 10.3. The molecular weight excluding hydrogens is 550 g/mol. The number of anilines is 1. The molecule has 4 rings (SSSR count). The first-order valence-electron chi connectivity index (χ1n) is 14.5. The van der Waals surface area contributed by atoms with E-state index < -0.39 is 28.5 Å². The zero-order valence-electron chi connectivity index (χ0n) is 24.9. The average molecular weight is 592 g/mol. The average Bonchev–Trinajstić information content (AvgIpc) is 3.50. The van der Waals surface area contributed by atoms with Crippen molar-refractivity contribution in [2.45, 2.75) is 76.4 Å². The molecule has 1 fully saturated rings. The molecule has 8 nitrogen and oxygen atoms in total. The van der Waals surface area contributed by atoms with Crippen LogP contribution in [0, 0.1) is 13.8 Å². The lowest BCUT2D eigenvalue weighted by Gasteiger charge is -2.34. The molecule has 3 aromatic rings. The molecule has 0 spiro atoms. The molecule has 1 N–H and O–H groups in total. The first kappa shape index (κ1) is 31.1. The van der Waals surface area contributed by atoms with Gasteiger partial charge in [-0.15, -0.1) is 0 Å². The number of sulfonamides is 1. The summed E-state index contributed by atoms with van der Waals surface area (Å²) < 4.78 is 34.5. The van der Waals surface area contributed by atoms with Gasteiger partial charge in [-0.3, -0.25) is 13.9 Å². The Morgan fingerprint density at radius 2 is 1.64 bits per heavy atom. The molecule has 1 saturated carbocycles. The number of nitrogens with one attached hydrogen (secondary N) is 1. The van der Waals surface area contributed by atoms with Crippen LogP contribution in [0.15, 0.2) is 77.7 Å². The van der Waals surface area contributed by atoms with E-state index in [9.17, 15) is 18.0 Å². The summed E-state index contributed by atoms with van der Waals surface area (Å²) in [4.78, 5) is 29.4. The van der Waals surface area contributed by atoms with Crippen LogP contribution < -0.4 is 14.4 Å². The van der Waals surface area contributed by atoms with Gasteiger partial charge in [-0.25, -0.2) is 8.42 Å². The molecular formula is C33H41N3O5S. The number of ether oxygens (including phenoxy) is 1. The number of carbonyl (C=O) groups is 2. The molecule has 42 heavy (non-hydrogen) atoms. The number of hydrogen-bond donors (Lipinski definition) is 1. The normalized spacial score (nSPS) is 14.3. The minimum absolute atomic E-state index is 0.0884. The Labute approximate surface area is 249 Å². The van der Waals surface area contributed by atoms with E-state index in [0.29, 0.717) is 17.9 Å². The van der Waals surface area contributed by atoms with Crippen molar-refractivity contribution in [1.82, 2.24) is 10.2 Å². The minimum atomic E-state index is -4.10. The van der Waals surface area contributed by atoms with Crippen molar-refractivity contribution in [2.75, 3.05) is 18.0 Å². The molecule has 0 aliphatic heterocycles. The summed E-state index contributed by atoms with van der Waals surface area (Å²) in [5, 5.41) is 3.14. The predicted molar refractivity (Wildman–Crippen MR) is 165 cm³/mol. The lowest BCUT2D eigenvalue weighted by atomic mass is 10.1. The second-order valence-electron chi connectivity index (χ2n) is 10.9. The Morgan fingerprint density at radius 1 is 0.976 bits per heavy atom. The quantitative estimate of drug-likeness (QED) is 0.305. The molecule has 0 saturated heterocycles. The zero-order valence-corrected chi connectivity index (χ0v) is 25.7. The highest BCUT2D eigenvalue weighted by molar-refractivity contribution is 7.92. The summed E-state index contributed by atoms with van der Waals surface area (Å²) in [6.45, 7) is 5.33. The minimum Gasteiger partial charge on any atom is -0.497 e. The van der Waals surface area contributed by atoms with Gasteiger partial charge in [0.15, 0.2) is 0 Å². The highest BCUT2D eigenvalue weighted by Crippen LogP contribution is 2.28. The summed E-state index contributed by atoms with van der Waals surface area (Å²) in [5.41, 5.74) is 2.94. The Bertz CT molecular complexity index is 1470. The van der Waals surface area contributed by atoms with Gasteiger partial charge in [0.05, 0.1) is 17.7 Å². The van der Waals surface area contributed by atoms with E-state index in [2.05, 4.69) is 5.32 Å². The Balaban J connectivity index is 1.72. The number of benzene rings is 3. The van der Waals surface area contributed by atoms with Crippen LogP contribution in [0.2, 0.25) is 0 Å². The van der Waals surface area contributed by atoms with Gasteiger partial charge in [0.25, 0.3) is 10.0 Å². The molecule has 0 radical (unpaired) electrons. The van der Waals surface area contributed by atoms with E-state index in [4.69, 9.17) is 4.74 Å². The van der Waals surface area contributed by atoms with E-state index in [1.165, 1.54) is 21.3 Å². The van der Waals surface area contributed by atoms with Crippen molar-refractivity contribution in [1.29, 1.82) is 0 Å². The summed E-state index contributed by atoms with van der Waals surface area (Å²) in [5.74, 6) is 0.00610. The van der Waals surface area contributed by atoms with Crippen LogP contribution >= 0.6 is 0 Å². The molecule has 0 heterocycles. The standard InChI is InChI=1S/C33H41N3O5S/c1-5-30(33(38)34-27-11-9-10-12-27)35(22-26-16-18-28(41-4)19-17-26)32(37)23-36(31-20-15-24(2)21-25(31)3)42(39,40)29-13-7-6-8-14-29/h6-8,13-21,27,30H,5,9-12,22-23H2,1-4H3,(H,34,38). The van der Waals surface area contributed by atoms with Gasteiger partial charge in [-0.05, 0) is 74.6 Å². The van der Waals surface area contributed by atoms with Crippen LogP contribution in [0.25, 0.3) is 0 Å². The fraction of sp³-hybridized carbons (Fsp3) is 0.394. The highest BCUT2D eigenvalue weighted by atomic mass is 32.2. The van der Waals surface area contributed by atoms with Crippen LogP contribution in [0.3, 0.4) is 0 Å². The van der Waals surface area contributed by atoms with Crippen LogP contribution in [-0.2, 0) is 26.2 Å². The zero-order chi connectivity index (χ0) is 30.3. The second kappa shape index (κ2) is 13.9. The Hall–Kier alpha value is -3.85. The topological polar surface area (TPSA) is 96.0 Å². The molecule has 1 aliphatic carbocycles. The molecule has 224 valence electrons. The summed E-state index contributed by atoms with van der Waals surface area (Å²) in [6, 6.07) is 20.2. The van der Waals surface area contributed by atoms with Crippen molar-refractivity contribution in [3.63, 3.8) is 0 Å². The lowest BCUT2D eigenvalue weighted by Crippen LogP contribution is -2.53. The molecule has 9 heteroatoms. The van der Waals surface area contributed by atoms with Crippen molar-refractivity contribution < 1.29 is 22.7 Å². The van der Waals surface area contributed by atoms with Gasteiger partial charge < -0.3 is 15.0 Å². The number of methoxy groups -OCH3 is 1. The maximum atomic E-state index is 14.3. The molecule has 0 aromatic heterocycles. The van der Waals surface area contributed by atoms with E-state index in [0.717, 1.165) is 42.4 Å². The van der Waals surface area contributed by atoms with Gasteiger partial charge in [0.2, 0.25) is 11.8 Å². The molecule has 0 bridgehead atoms. The van der Waals surface area contributed by atoms with E-state index in [1.807, 2.05) is 45.0 Å². The fourth-order valence-corrected chi connectivity index (χ4v) is 7.03. The number of aryl methyl sites for hydroxylation is 2. The molecule has 1 aliphatic rings. The van der Waals surface area contributed by atoms with Crippen LogP contribution in [0.4, 0.5) is 5.69 Å². The van der Waals surface area contributed by atoms with E-state index in [1.54, 1.807) is 43.5 Å². The number of nitrogens with zero attached hydrogens (tertiary/aromatic N) is 2. The molecule has 1 atom stereocenters. The first-order chi connectivity index (χ1) is 20.1. The van der Waals surface area contributed by atoms with Crippen LogP contribution in [0.1, 0.15) is 55.7 Å². The van der Waals surface area contributed by atoms with Gasteiger partial charge >= 0.3 is 0 Å². The summed E-state index contributed by atoms with van der Waals surface area (Å²) >= 11 is 0. The summed E-state index contributed by atoms with van der Waals surface area (Å²) in [7, 11) is -2.52. The van der Waals surface area contributed by atoms with Crippen molar-refractivity contribution >= 4 is 27.5 Å². The number of rotatable bonds is 12. The number of carbonyl (C=O) groups excluding carboxylic acids is 2. The largest absolute Gasteiger partial charge is 0.497 e. The van der Waals surface area contributed by atoms with Gasteiger partial charge in [0.1, 0.15) is 18.3 Å². The van der Waals surface area contributed by atoms with Crippen molar-refractivity contribution in [2.24, 2.45) is 0 Å². The monoisotopic (exact) mass is 591 g/mol. The lowest BCUT2D eigenvalue weighted by molar-refractivity contribution is -0.140. The van der Waals surface area contributed by atoms with Gasteiger partial charge in [-0.1, -0.05) is 67.8 Å². The third-order valence-corrected chi connectivity index (χ3v) is 9.60. The molecule has 3 aromatic carbocycles.